The summed E-state index contributed by atoms with van der Waals surface area (Å²) in [5, 5.41) is 1.04. The van der Waals surface area contributed by atoms with Crippen molar-refractivity contribution in [3.8, 4) is 0 Å². The number of hydrogen-bond donors (Lipinski definition) is 0. The number of halogens is 1. The number of benzene rings is 2. The van der Waals surface area contributed by atoms with E-state index in [0.29, 0.717) is 0 Å². The molecule has 0 heterocycles. The molecular formula is C19H25BrOSi. The largest absolute Gasteiger partial charge is 0.365 e. The van der Waals surface area contributed by atoms with E-state index < -0.39 is 0 Å². The van der Waals surface area contributed by atoms with Crippen LogP contribution in [0.3, 0.4) is 0 Å². The van der Waals surface area contributed by atoms with Crippen LogP contribution in [-0.4, -0.2) is 22.2 Å². The highest BCUT2D eigenvalue weighted by Crippen LogP contribution is 2.50. The summed E-state index contributed by atoms with van der Waals surface area (Å²) in [5.74, 6) is 0. The molecule has 22 heavy (non-hydrogen) atoms. The van der Waals surface area contributed by atoms with Crippen molar-refractivity contribution in [2.75, 3.05) is 11.9 Å². The molecule has 1 nitrogen and oxygen atoms in total. The van der Waals surface area contributed by atoms with Crippen molar-refractivity contribution in [1.82, 2.24) is 0 Å². The highest BCUT2D eigenvalue weighted by molar-refractivity contribution is 9.09. The third-order valence-electron chi connectivity index (χ3n) is 4.01. The summed E-state index contributed by atoms with van der Waals surface area (Å²) in [5.41, 5.74) is 2.11. The Morgan fingerprint density at radius 1 is 0.909 bits per heavy atom. The first-order chi connectivity index (χ1) is 10.5. The molecule has 0 radical (unpaired) electrons. The molecule has 2 aromatic carbocycles. The van der Waals surface area contributed by atoms with E-state index in [4.69, 9.17) is 4.74 Å². The fourth-order valence-electron chi connectivity index (χ4n) is 3.04. The zero-order valence-electron chi connectivity index (χ0n) is 13.7. The molecule has 2 rings (SSSR count). The molecule has 0 saturated carbocycles. The molecule has 0 fully saturated rings. The Kier molecular flexibility index (Phi) is 6.01. The summed E-state index contributed by atoms with van der Waals surface area (Å²) in [6.07, 6.45) is 1.01. The molecule has 0 bridgehead atoms. The highest BCUT2D eigenvalue weighted by Gasteiger charge is 2.45. The maximum atomic E-state index is 6.61. The topological polar surface area (TPSA) is 9.23 Å². The van der Waals surface area contributed by atoms with Crippen LogP contribution in [0.4, 0.5) is 0 Å². The molecule has 0 atom stereocenters. The number of hydrogen-bond acceptors (Lipinski definition) is 1. The summed E-state index contributed by atoms with van der Waals surface area (Å²) in [4.78, 5) is 0. The minimum atomic E-state index is -0.385. The Labute approximate surface area is 145 Å². The molecule has 0 saturated heterocycles. The van der Waals surface area contributed by atoms with Crippen molar-refractivity contribution in [3.05, 3.63) is 71.8 Å². The molecule has 0 amide bonds. The average Bonchev–Trinajstić information content (AvgIpc) is 2.52. The van der Waals surface area contributed by atoms with E-state index in [1.165, 1.54) is 11.1 Å². The SMILES string of the molecule is CC(C)([SiH3])C(OCCCBr)(c1ccccc1)c1ccccc1. The van der Waals surface area contributed by atoms with Gasteiger partial charge in [0.1, 0.15) is 5.60 Å². The van der Waals surface area contributed by atoms with E-state index in [9.17, 15) is 0 Å². The van der Waals surface area contributed by atoms with Gasteiger partial charge in [-0.3, -0.25) is 0 Å². The monoisotopic (exact) mass is 376 g/mol. The van der Waals surface area contributed by atoms with Gasteiger partial charge in [0.2, 0.25) is 0 Å². The van der Waals surface area contributed by atoms with Crippen molar-refractivity contribution in [3.63, 3.8) is 0 Å². The lowest BCUT2D eigenvalue weighted by atomic mass is 9.76. The summed E-state index contributed by atoms with van der Waals surface area (Å²) in [7, 11) is 1.04. The van der Waals surface area contributed by atoms with Crippen LogP contribution in [0.2, 0.25) is 5.04 Å². The molecular weight excluding hydrogens is 352 g/mol. The summed E-state index contributed by atoms with van der Waals surface area (Å²) < 4.78 is 6.61. The van der Waals surface area contributed by atoms with Crippen LogP contribution >= 0.6 is 15.9 Å². The molecule has 2 aromatic rings. The Balaban J connectivity index is 2.59. The van der Waals surface area contributed by atoms with Gasteiger partial charge < -0.3 is 4.74 Å². The molecule has 118 valence electrons. The first-order valence-electron chi connectivity index (χ1n) is 7.83. The summed E-state index contributed by atoms with van der Waals surface area (Å²) >= 11 is 3.51. The second-order valence-electron chi connectivity index (χ2n) is 6.55. The second kappa shape index (κ2) is 7.58. The number of rotatable bonds is 7. The zero-order chi connectivity index (χ0) is 16.1. The number of alkyl halides is 1. The van der Waals surface area contributed by atoms with E-state index in [0.717, 1.165) is 28.6 Å². The van der Waals surface area contributed by atoms with E-state index in [2.05, 4.69) is 90.4 Å². The summed E-state index contributed by atoms with van der Waals surface area (Å²) in [6, 6.07) is 21.3. The van der Waals surface area contributed by atoms with E-state index >= 15 is 0 Å². The van der Waals surface area contributed by atoms with Crippen LogP contribution in [0, 0.1) is 0 Å². The van der Waals surface area contributed by atoms with Crippen LogP contribution in [-0.2, 0) is 10.3 Å². The molecule has 0 N–H and O–H groups in total. The van der Waals surface area contributed by atoms with Gasteiger partial charge in [0.05, 0.1) is 0 Å². The van der Waals surface area contributed by atoms with Crippen LogP contribution in [0.1, 0.15) is 31.4 Å². The Morgan fingerprint density at radius 3 is 1.73 bits per heavy atom. The lowest BCUT2D eigenvalue weighted by Gasteiger charge is -2.45. The Hall–Kier alpha value is -0.903. The molecule has 0 spiro atoms. The van der Waals surface area contributed by atoms with Crippen LogP contribution in [0.5, 0.6) is 0 Å². The predicted molar refractivity (Wildman–Crippen MR) is 102 cm³/mol. The van der Waals surface area contributed by atoms with Gasteiger partial charge in [-0.05, 0) is 22.6 Å². The Morgan fingerprint density at radius 2 is 1.36 bits per heavy atom. The van der Waals surface area contributed by atoms with Gasteiger partial charge in [-0.15, -0.1) is 0 Å². The third kappa shape index (κ3) is 3.53. The molecule has 0 aliphatic heterocycles. The lowest BCUT2D eigenvalue weighted by molar-refractivity contribution is -0.0446. The first-order valence-corrected chi connectivity index (χ1v) is 9.95. The van der Waals surface area contributed by atoms with Gasteiger partial charge in [0.15, 0.2) is 0 Å². The predicted octanol–water partition coefficient (Wildman–Crippen LogP) is 4.30. The third-order valence-corrected chi connectivity index (χ3v) is 5.28. The molecule has 0 unspecified atom stereocenters. The molecule has 0 aliphatic carbocycles. The zero-order valence-corrected chi connectivity index (χ0v) is 17.3. The molecule has 0 aromatic heterocycles. The van der Waals surface area contributed by atoms with Gasteiger partial charge in [-0.2, -0.15) is 0 Å². The van der Waals surface area contributed by atoms with E-state index in [-0.39, 0.29) is 10.6 Å². The van der Waals surface area contributed by atoms with Crippen LogP contribution in [0.15, 0.2) is 60.7 Å². The Bertz CT molecular complexity index is 523. The van der Waals surface area contributed by atoms with Crippen LogP contribution in [0.25, 0.3) is 0 Å². The van der Waals surface area contributed by atoms with Crippen LogP contribution < -0.4 is 0 Å². The first kappa shape index (κ1) is 17.5. The van der Waals surface area contributed by atoms with Gasteiger partial charge in [0, 0.05) is 22.2 Å². The minimum absolute atomic E-state index is 0.0714. The fourth-order valence-corrected chi connectivity index (χ4v) is 3.99. The van der Waals surface area contributed by atoms with Gasteiger partial charge in [0.25, 0.3) is 0 Å². The molecule has 0 aliphatic rings. The second-order valence-corrected chi connectivity index (χ2v) is 9.85. The van der Waals surface area contributed by atoms with Crippen molar-refractivity contribution >= 4 is 26.2 Å². The maximum Gasteiger partial charge on any atom is 0.120 e. The summed E-state index contributed by atoms with van der Waals surface area (Å²) in [6.45, 7) is 5.38. The van der Waals surface area contributed by atoms with Crippen molar-refractivity contribution in [1.29, 1.82) is 0 Å². The minimum Gasteiger partial charge on any atom is -0.365 e. The van der Waals surface area contributed by atoms with E-state index in [1.807, 2.05) is 0 Å². The lowest BCUT2D eigenvalue weighted by Crippen LogP contribution is -2.42. The van der Waals surface area contributed by atoms with E-state index in [1.54, 1.807) is 0 Å². The number of ether oxygens (including phenoxy) is 1. The van der Waals surface area contributed by atoms with Gasteiger partial charge >= 0.3 is 0 Å². The molecule has 3 heteroatoms. The van der Waals surface area contributed by atoms with Crippen molar-refractivity contribution in [2.24, 2.45) is 0 Å². The standard InChI is InChI=1S/C19H25BrOSi/c1-18(2,22)19(21-15-9-14-20,16-10-5-3-6-11-16)17-12-7-4-8-13-17/h3-8,10-13H,9,14-15H2,1-2,22H3. The fraction of sp³-hybridized carbons (Fsp3) is 0.368. The van der Waals surface area contributed by atoms with Gasteiger partial charge in [-0.25, -0.2) is 0 Å². The smallest absolute Gasteiger partial charge is 0.120 e. The van der Waals surface area contributed by atoms with Gasteiger partial charge in [-0.1, -0.05) is 90.4 Å². The van der Waals surface area contributed by atoms with Crippen molar-refractivity contribution < 1.29 is 4.74 Å². The normalized spacial score (nSPS) is 12.5. The average molecular weight is 377 g/mol. The van der Waals surface area contributed by atoms with Crippen molar-refractivity contribution in [2.45, 2.75) is 30.9 Å². The quantitative estimate of drug-likeness (QED) is 0.397. The maximum absolute atomic E-state index is 6.61. The highest BCUT2D eigenvalue weighted by atomic mass is 79.9.